The second-order valence-corrected chi connectivity index (χ2v) is 10.4. The molecule has 34 heavy (non-hydrogen) atoms. The molecule has 1 amide bonds. The van der Waals surface area contributed by atoms with E-state index in [1.807, 2.05) is 0 Å². The molecule has 12 heteroatoms. The minimum atomic E-state index is -4.44. The number of nitrogens with zero attached hydrogens (tertiary/aromatic N) is 1. The van der Waals surface area contributed by atoms with Crippen LogP contribution < -0.4 is 14.9 Å². The fourth-order valence-electron chi connectivity index (χ4n) is 2.89. The van der Waals surface area contributed by atoms with Crippen molar-refractivity contribution in [1.82, 2.24) is 0 Å². The van der Waals surface area contributed by atoms with E-state index < -0.39 is 28.7 Å². The minimum absolute atomic E-state index is 0.0438. The summed E-state index contributed by atoms with van der Waals surface area (Å²) in [6.07, 6.45) is -4.44. The number of alkyl halides is 3. The maximum atomic E-state index is 12.9. The standard InChI is InChI=1S/C22H18BrClF3N3O3S/c1-30(17-7-5-16(24)6-8-17)34(32,33)18-9-2-14(3-10-18)21(31)29-19-11-4-15(23)12-20(19)28-13-22(25,26)27/h2-12,28H,13H2,1H3,(H,29,31). The topological polar surface area (TPSA) is 78.5 Å². The first-order valence-corrected chi connectivity index (χ1v) is 12.2. The van der Waals surface area contributed by atoms with Crippen LogP contribution in [0.15, 0.2) is 76.1 Å². The molecule has 0 aliphatic rings. The van der Waals surface area contributed by atoms with E-state index in [1.54, 1.807) is 30.3 Å². The number of amides is 1. The molecular formula is C22H18BrClF3N3O3S. The summed E-state index contributed by atoms with van der Waals surface area (Å²) in [5, 5.41) is 5.25. The van der Waals surface area contributed by atoms with Crippen molar-refractivity contribution >= 4 is 60.5 Å². The van der Waals surface area contributed by atoms with Crippen molar-refractivity contribution in [3.8, 4) is 0 Å². The van der Waals surface area contributed by atoms with Gasteiger partial charge >= 0.3 is 6.18 Å². The summed E-state index contributed by atoms with van der Waals surface area (Å²) in [6.45, 7) is -1.28. The van der Waals surface area contributed by atoms with Gasteiger partial charge in [0.25, 0.3) is 15.9 Å². The first-order valence-electron chi connectivity index (χ1n) is 9.63. The highest BCUT2D eigenvalue weighted by atomic mass is 79.9. The minimum Gasteiger partial charge on any atom is -0.375 e. The second kappa shape index (κ2) is 10.2. The zero-order valence-electron chi connectivity index (χ0n) is 17.5. The fourth-order valence-corrected chi connectivity index (χ4v) is 4.57. The Bertz CT molecular complexity index is 1290. The number of nitrogens with one attached hydrogen (secondary N) is 2. The van der Waals surface area contributed by atoms with Crippen LogP contribution in [0.2, 0.25) is 5.02 Å². The SMILES string of the molecule is CN(c1ccc(Cl)cc1)S(=O)(=O)c1ccc(C(=O)Nc2ccc(Br)cc2NCC(F)(F)F)cc1. The van der Waals surface area contributed by atoms with Crippen LogP contribution in [0, 0.1) is 0 Å². The van der Waals surface area contributed by atoms with E-state index in [-0.39, 0.29) is 21.8 Å². The molecule has 3 aromatic carbocycles. The van der Waals surface area contributed by atoms with Gasteiger partial charge in [-0.2, -0.15) is 13.2 Å². The molecule has 0 saturated heterocycles. The molecule has 0 spiro atoms. The number of benzene rings is 3. The van der Waals surface area contributed by atoms with Crippen molar-refractivity contribution in [1.29, 1.82) is 0 Å². The Morgan fingerprint density at radius 2 is 1.62 bits per heavy atom. The van der Waals surface area contributed by atoms with Crippen LogP contribution >= 0.6 is 27.5 Å². The summed E-state index contributed by atoms with van der Waals surface area (Å²) in [6, 6.07) is 15.9. The molecule has 180 valence electrons. The molecule has 0 atom stereocenters. The molecule has 0 aliphatic carbocycles. The Labute approximate surface area is 207 Å². The largest absolute Gasteiger partial charge is 0.405 e. The van der Waals surface area contributed by atoms with Crippen LogP contribution in [0.1, 0.15) is 10.4 Å². The van der Waals surface area contributed by atoms with E-state index in [9.17, 15) is 26.4 Å². The number of hydrogen-bond acceptors (Lipinski definition) is 4. The molecule has 0 fully saturated rings. The number of halogens is 5. The van der Waals surface area contributed by atoms with Crippen molar-refractivity contribution in [2.75, 3.05) is 28.5 Å². The first kappa shape index (κ1) is 25.9. The number of hydrogen-bond donors (Lipinski definition) is 2. The lowest BCUT2D eigenvalue weighted by Crippen LogP contribution is -2.26. The Hall–Kier alpha value is -2.76. The molecule has 2 N–H and O–H groups in total. The monoisotopic (exact) mass is 575 g/mol. The average molecular weight is 577 g/mol. The molecule has 0 aromatic heterocycles. The highest BCUT2D eigenvalue weighted by Gasteiger charge is 2.27. The third-order valence-corrected chi connectivity index (χ3v) is 7.22. The molecule has 0 saturated carbocycles. The van der Waals surface area contributed by atoms with Crippen LogP contribution in [0.3, 0.4) is 0 Å². The van der Waals surface area contributed by atoms with Crippen LogP contribution in [0.4, 0.5) is 30.2 Å². The normalized spacial score (nSPS) is 11.7. The number of rotatable bonds is 7. The van der Waals surface area contributed by atoms with E-state index >= 15 is 0 Å². The van der Waals surface area contributed by atoms with E-state index in [4.69, 9.17) is 11.6 Å². The van der Waals surface area contributed by atoms with Crippen LogP contribution in [-0.2, 0) is 10.0 Å². The van der Waals surface area contributed by atoms with Gasteiger partial charge in [0.15, 0.2) is 0 Å². The molecule has 0 unspecified atom stereocenters. The van der Waals surface area contributed by atoms with Gasteiger partial charge in [0, 0.05) is 22.1 Å². The van der Waals surface area contributed by atoms with Gasteiger partial charge in [-0.1, -0.05) is 27.5 Å². The van der Waals surface area contributed by atoms with E-state index in [0.717, 1.165) is 4.31 Å². The molecule has 0 bridgehead atoms. The highest BCUT2D eigenvalue weighted by molar-refractivity contribution is 9.10. The third-order valence-electron chi connectivity index (χ3n) is 4.67. The van der Waals surface area contributed by atoms with E-state index in [1.165, 1.54) is 43.4 Å². The lowest BCUT2D eigenvalue weighted by atomic mass is 10.2. The Balaban J connectivity index is 1.77. The quantitative estimate of drug-likeness (QED) is 0.354. The maximum Gasteiger partial charge on any atom is 0.405 e. The van der Waals surface area contributed by atoms with Crippen LogP contribution in [0.5, 0.6) is 0 Å². The summed E-state index contributed by atoms with van der Waals surface area (Å²) >= 11 is 9.03. The van der Waals surface area contributed by atoms with E-state index in [0.29, 0.717) is 15.2 Å². The predicted molar refractivity (Wildman–Crippen MR) is 130 cm³/mol. The number of sulfonamides is 1. The van der Waals surface area contributed by atoms with Gasteiger partial charge in [-0.15, -0.1) is 0 Å². The Morgan fingerprint density at radius 1 is 1.00 bits per heavy atom. The third kappa shape index (κ3) is 6.43. The van der Waals surface area contributed by atoms with Gasteiger partial charge < -0.3 is 10.6 Å². The van der Waals surface area contributed by atoms with Crippen molar-refractivity contribution in [3.63, 3.8) is 0 Å². The number of anilines is 3. The Morgan fingerprint density at radius 3 is 2.21 bits per heavy atom. The highest BCUT2D eigenvalue weighted by Crippen LogP contribution is 2.29. The van der Waals surface area contributed by atoms with Crippen molar-refractivity contribution < 1.29 is 26.4 Å². The molecule has 0 aliphatic heterocycles. The maximum absolute atomic E-state index is 12.9. The van der Waals surface area contributed by atoms with Gasteiger partial charge in [0.2, 0.25) is 0 Å². The lowest BCUT2D eigenvalue weighted by Gasteiger charge is -2.19. The summed E-state index contributed by atoms with van der Waals surface area (Å²) in [7, 11) is -2.51. The number of carbonyl (C=O) groups excluding carboxylic acids is 1. The van der Waals surface area contributed by atoms with Gasteiger partial charge in [-0.25, -0.2) is 8.42 Å². The zero-order valence-corrected chi connectivity index (χ0v) is 20.7. The fraction of sp³-hybridized carbons (Fsp3) is 0.136. The molecular weight excluding hydrogens is 559 g/mol. The van der Waals surface area contributed by atoms with Crippen LogP contribution in [0.25, 0.3) is 0 Å². The predicted octanol–water partition coefficient (Wildman–Crippen LogP) is 6.15. The summed E-state index contributed by atoms with van der Waals surface area (Å²) in [5.41, 5.74) is 0.735. The summed E-state index contributed by atoms with van der Waals surface area (Å²) in [4.78, 5) is 12.6. The molecule has 0 heterocycles. The van der Waals surface area contributed by atoms with Crippen molar-refractivity contribution in [2.45, 2.75) is 11.1 Å². The molecule has 6 nitrogen and oxygen atoms in total. The zero-order chi connectivity index (χ0) is 25.1. The Kier molecular flexibility index (Phi) is 7.79. The summed E-state index contributed by atoms with van der Waals surface area (Å²) in [5.74, 6) is -0.618. The van der Waals surface area contributed by atoms with Gasteiger partial charge in [-0.3, -0.25) is 9.10 Å². The van der Waals surface area contributed by atoms with Gasteiger partial charge in [0.05, 0.1) is 22.0 Å². The smallest absolute Gasteiger partial charge is 0.375 e. The molecule has 3 rings (SSSR count). The summed E-state index contributed by atoms with van der Waals surface area (Å²) < 4.78 is 65.2. The van der Waals surface area contributed by atoms with Crippen molar-refractivity contribution in [2.24, 2.45) is 0 Å². The lowest BCUT2D eigenvalue weighted by molar-refractivity contribution is -0.115. The average Bonchev–Trinajstić information content (AvgIpc) is 2.78. The van der Waals surface area contributed by atoms with Crippen LogP contribution in [-0.4, -0.2) is 34.1 Å². The molecule has 0 radical (unpaired) electrons. The van der Waals surface area contributed by atoms with Gasteiger partial charge in [-0.05, 0) is 66.7 Å². The second-order valence-electron chi connectivity index (χ2n) is 7.09. The van der Waals surface area contributed by atoms with E-state index in [2.05, 4.69) is 26.6 Å². The van der Waals surface area contributed by atoms with Crippen molar-refractivity contribution in [3.05, 3.63) is 81.8 Å². The number of carbonyl (C=O) groups is 1. The van der Waals surface area contributed by atoms with Gasteiger partial charge in [0.1, 0.15) is 6.54 Å². The first-order chi connectivity index (χ1) is 15.9. The molecule has 3 aromatic rings.